The molecule has 1 atom stereocenters. The topological polar surface area (TPSA) is 58.3 Å². The highest BCUT2D eigenvalue weighted by molar-refractivity contribution is 5.50. The van der Waals surface area contributed by atoms with Crippen LogP contribution in [0.4, 0.5) is 18.9 Å². The van der Waals surface area contributed by atoms with E-state index >= 15 is 0 Å². The molecule has 1 aliphatic heterocycles. The fourth-order valence-electron chi connectivity index (χ4n) is 2.42. The van der Waals surface area contributed by atoms with Crippen molar-refractivity contribution >= 4 is 5.69 Å². The number of aliphatic hydroxyl groups is 1. The van der Waals surface area contributed by atoms with E-state index in [1.807, 2.05) is 0 Å². The van der Waals surface area contributed by atoms with E-state index in [0.29, 0.717) is 0 Å². The molecule has 19 heavy (non-hydrogen) atoms. The molecular formula is C13H17F3N2O. The molecule has 0 radical (unpaired) electrons. The molecule has 0 saturated carbocycles. The van der Waals surface area contributed by atoms with Crippen molar-refractivity contribution in [2.24, 2.45) is 5.92 Å². The third-order valence-electron chi connectivity index (χ3n) is 3.56. The normalized spacial score (nSPS) is 19.4. The lowest BCUT2D eigenvalue weighted by molar-refractivity contribution is -0.137. The summed E-state index contributed by atoms with van der Waals surface area (Å²) < 4.78 is 38.0. The van der Waals surface area contributed by atoms with Crippen LogP contribution in [0.1, 0.15) is 30.1 Å². The van der Waals surface area contributed by atoms with Gasteiger partial charge in [-0.05, 0) is 50.0 Å². The van der Waals surface area contributed by atoms with E-state index < -0.39 is 17.8 Å². The zero-order chi connectivity index (χ0) is 14.0. The van der Waals surface area contributed by atoms with Crippen molar-refractivity contribution in [2.75, 3.05) is 18.8 Å². The molecule has 0 amide bonds. The molecule has 2 rings (SSSR count). The maximum absolute atomic E-state index is 12.7. The first-order valence-electron chi connectivity index (χ1n) is 6.25. The zero-order valence-electron chi connectivity index (χ0n) is 10.4. The monoisotopic (exact) mass is 274 g/mol. The van der Waals surface area contributed by atoms with Crippen molar-refractivity contribution in [3.63, 3.8) is 0 Å². The van der Waals surface area contributed by atoms with Gasteiger partial charge in [0.1, 0.15) is 0 Å². The van der Waals surface area contributed by atoms with Crippen molar-refractivity contribution in [2.45, 2.75) is 25.1 Å². The Morgan fingerprint density at radius 3 is 2.47 bits per heavy atom. The van der Waals surface area contributed by atoms with Gasteiger partial charge in [-0.15, -0.1) is 0 Å². The Hall–Kier alpha value is -1.27. The molecule has 0 aliphatic carbocycles. The van der Waals surface area contributed by atoms with E-state index in [-0.39, 0.29) is 17.2 Å². The number of rotatable bonds is 2. The number of hydrogen-bond acceptors (Lipinski definition) is 3. The molecule has 1 aliphatic rings. The van der Waals surface area contributed by atoms with Gasteiger partial charge >= 0.3 is 6.18 Å². The van der Waals surface area contributed by atoms with Crippen molar-refractivity contribution in [1.29, 1.82) is 0 Å². The fraction of sp³-hybridized carbons (Fsp3) is 0.538. The Labute approximate surface area is 109 Å². The highest BCUT2D eigenvalue weighted by Crippen LogP contribution is 2.36. The molecule has 1 fully saturated rings. The van der Waals surface area contributed by atoms with Gasteiger partial charge in [0.05, 0.1) is 11.7 Å². The van der Waals surface area contributed by atoms with Crippen LogP contribution >= 0.6 is 0 Å². The van der Waals surface area contributed by atoms with Gasteiger partial charge in [-0.25, -0.2) is 0 Å². The molecule has 0 aromatic heterocycles. The second-order valence-electron chi connectivity index (χ2n) is 4.87. The maximum Gasteiger partial charge on any atom is 0.416 e. The summed E-state index contributed by atoms with van der Waals surface area (Å²) in [5.74, 6) is -0.0490. The van der Waals surface area contributed by atoms with Crippen LogP contribution in [0, 0.1) is 5.92 Å². The summed E-state index contributed by atoms with van der Waals surface area (Å²) in [7, 11) is 0. The Kier molecular flexibility index (Phi) is 4.01. The molecule has 0 spiro atoms. The number of nitrogen functional groups attached to an aromatic ring is 1. The summed E-state index contributed by atoms with van der Waals surface area (Å²) in [6, 6.07) is 3.11. The minimum Gasteiger partial charge on any atom is -0.398 e. The predicted molar refractivity (Wildman–Crippen MR) is 66.4 cm³/mol. The quantitative estimate of drug-likeness (QED) is 0.725. The van der Waals surface area contributed by atoms with Crippen LogP contribution in [0.15, 0.2) is 18.2 Å². The molecule has 1 aromatic rings. The SMILES string of the molecule is Nc1ccc(C(F)(F)F)cc1C(O)C1CCNCC1. The maximum atomic E-state index is 12.7. The smallest absolute Gasteiger partial charge is 0.398 e. The molecule has 1 unspecified atom stereocenters. The zero-order valence-corrected chi connectivity index (χ0v) is 10.4. The third-order valence-corrected chi connectivity index (χ3v) is 3.56. The Morgan fingerprint density at radius 2 is 1.89 bits per heavy atom. The third kappa shape index (κ3) is 3.19. The van der Waals surface area contributed by atoms with E-state index in [0.717, 1.165) is 38.1 Å². The average Bonchev–Trinajstić information content (AvgIpc) is 2.38. The number of benzene rings is 1. The summed E-state index contributed by atoms with van der Waals surface area (Å²) in [6.45, 7) is 1.53. The molecular weight excluding hydrogens is 257 g/mol. The van der Waals surface area contributed by atoms with Gasteiger partial charge in [-0.3, -0.25) is 0 Å². The van der Waals surface area contributed by atoms with Crippen LogP contribution < -0.4 is 11.1 Å². The Bertz CT molecular complexity index is 442. The molecule has 1 saturated heterocycles. The minimum atomic E-state index is -4.42. The first-order chi connectivity index (χ1) is 8.89. The number of halogens is 3. The summed E-state index contributed by atoms with van der Waals surface area (Å²) >= 11 is 0. The molecule has 6 heteroatoms. The van der Waals surface area contributed by atoms with E-state index in [1.54, 1.807) is 0 Å². The lowest BCUT2D eigenvalue weighted by Crippen LogP contribution is -2.31. The van der Waals surface area contributed by atoms with Gasteiger partial charge < -0.3 is 16.2 Å². The molecule has 1 heterocycles. The number of nitrogens with one attached hydrogen (secondary N) is 1. The first-order valence-corrected chi connectivity index (χ1v) is 6.25. The lowest BCUT2D eigenvalue weighted by Gasteiger charge is -2.28. The average molecular weight is 274 g/mol. The number of nitrogens with two attached hydrogens (primary N) is 1. The second kappa shape index (κ2) is 5.38. The van der Waals surface area contributed by atoms with Gasteiger partial charge in [0.15, 0.2) is 0 Å². The van der Waals surface area contributed by atoms with Gasteiger partial charge in [-0.1, -0.05) is 0 Å². The van der Waals surface area contributed by atoms with Crippen molar-refractivity contribution < 1.29 is 18.3 Å². The van der Waals surface area contributed by atoms with Crippen LogP contribution in [0.5, 0.6) is 0 Å². The fourth-order valence-corrected chi connectivity index (χ4v) is 2.42. The molecule has 1 aromatic carbocycles. The summed E-state index contributed by atoms with van der Waals surface area (Å²) in [6.07, 6.45) is -3.89. The predicted octanol–water partition coefficient (Wildman–Crippen LogP) is 2.32. The van der Waals surface area contributed by atoms with Gasteiger partial charge in [0.2, 0.25) is 0 Å². The highest BCUT2D eigenvalue weighted by Gasteiger charge is 2.32. The number of piperidine rings is 1. The molecule has 4 N–H and O–H groups in total. The van der Waals surface area contributed by atoms with Crippen molar-refractivity contribution in [3.05, 3.63) is 29.3 Å². The largest absolute Gasteiger partial charge is 0.416 e. The summed E-state index contributed by atoms with van der Waals surface area (Å²) in [5, 5.41) is 13.4. The second-order valence-corrected chi connectivity index (χ2v) is 4.87. The van der Waals surface area contributed by atoms with E-state index in [2.05, 4.69) is 5.32 Å². The first kappa shape index (κ1) is 14.1. The lowest BCUT2D eigenvalue weighted by atomic mass is 9.87. The van der Waals surface area contributed by atoms with Crippen LogP contribution in [-0.4, -0.2) is 18.2 Å². The standard InChI is InChI=1S/C13H17F3N2O/c14-13(15,16)9-1-2-11(17)10(7-9)12(19)8-3-5-18-6-4-8/h1-2,7-8,12,18-19H,3-6,17H2. The van der Waals surface area contributed by atoms with E-state index in [1.165, 1.54) is 6.07 Å². The Morgan fingerprint density at radius 1 is 1.26 bits per heavy atom. The summed E-state index contributed by atoms with van der Waals surface area (Å²) in [5.41, 5.74) is 5.31. The minimum absolute atomic E-state index is 0.0490. The Balaban J connectivity index is 2.27. The van der Waals surface area contributed by atoms with Gasteiger partial charge in [0.25, 0.3) is 0 Å². The number of hydrogen-bond donors (Lipinski definition) is 3. The van der Waals surface area contributed by atoms with E-state index in [4.69, 9.17) is 5.73 Å². The number of alkyl halides is 3. The van der Waals surface area contributed by atoms with Gasteiger partial charge in [0, 0.05) is 11.3 Å². The molecule has 0 bridgehead atoms. The number of aliphatic hydroxyl groups excluding tert-OH is 1. The van der Waals surface area contributed by atoms with Gasteiger partial charge in [-0.2, -0.15) is 13.2 Å². The van der Waals surface area contributed by atoms with Crippen molar-refractivity contribution in [1.82, 2.24) is 5.32 Å². The van der Waals surface area contributed by atoms with Crippen LogP contribution in [0.3, 0.4) is 0 Å². The highest BCUT2D eigenvalue weighted by atomic mass is 19.4. The molecule has 3 nitrogen and oxygen atoms in total. The molecule has 106 valence electrons. The number of anilines is 1. The van der Waals surface area contributed by atoms with Crippen LogP contribution in [0.2, 0.25) is 0 Å². The van der Waals surface area contributed by atoms with Crippen molar-refractivity contribution in [3.8, 4) is 0 Å². The van der Waals surface area contributed by atoms with Crippen LogP contribution in [-0.2, 0) is 6.18 Å². The summed E-state index contributed by atoms with van der Waals surface area (Å²) in [4.78, 5) is 0. The van der Waals surface area contributed by atoms with Crippen LogP contribution in [0.25, 0.3) is 0 Å². The van der Waals surface area contributed by atoms with E-state index in [9.17, 15) is 18.3 Å².